The van der Waals surface area contributed by atoms with Crippen LogP contribution in [-0.2, 0) is 25.7 Å². The highest BCUT2D eigenvalue weighted by molar-refractivity contribution is 5.86. The molecule has 1 aliphatic heterocycles. The van der Waals surface area contributed by atoms with E-state index in [1.165, 1.54) is 51.4 Å². The maximum absolute atomic E-state index is 12.9. The predicted octanol–water partition coefficient (Wildman–Crippen LogP) is 5.68. The molecule has 0 bridgehead atoms. The summed E-state index contributed by atoms with van der Waals surface area (Å²) in [6, 6.07) is 8.40. The number of amides is 2. The highest BCUT2D eigenvalue weighted by atomic mass is 35.5. The molecule has 1 fully saturated rings. The normalized spacial score (nSPS) is 15.8. The summed E-state index contributed by atoms with van der Waals surface area (Å²) in [5, 5.41) is 2.86. The molecule has 0 radical (unpaired) electrons. The van der Waals surface area contributed by atoms with E-state index in [9.17, 15) is 14.4 Å². The molecule has 1 aromatic rings. The van der Waals surface area contributed by atoms with Crippen LogP contribution in [0.5, 0.6) is 0 Å². The minimum Gasteiger partial charge on any atom is -0.461 e. The smallest absolute Gasteiger partial charge is 0.308 e. The zero-order chi connectivity index (χ0) is 26.7. The molecule has 3 N–H and O–H groups in total. The van der Waals surface area contributed by atoms with Gasteiger partial charge in [0, 0.05) is 25.6 Å². The molecule has 2 amide bonds. The molecule has 2 atom stereocenters. The number of carbonyl (C=O) groups excluding carboxylic acids is 3. The highest BCUT2D eigenvalue weighted by Crippen LogP contribution is 2.19. The fourth-order valence-electron chi connectivity index (χ4n) is 4.87. The zero-order valence-corrected chi connectivity index (χ0v) is 24.2. The number of ether oxygens (including phenoxy) is 1. The molecular formula is C30H50ClN3O4. The van der Waals surface area contributed by atoms with Gasteiger partial charge >= 0.3 is 5.97 Å². The predicted molar refractivity (Wildman–Crippen MR) is 155 cm³/mol. The van der Waals surface area contributed by atoms with Gasteiger partial charge < -0.3 is 20.7 Å². The Labute approximate surface area is 236 Å². The summed E-state index contributed by atoms with van der Waals surface area (Å²) in [4.78, 5) is 39.4. The van der Waals surface area contributed by atoms with Crippen molar-refractivity contribution in [3.05, 3.63) is 35.9 Å². The number of piperidine rings is 1. The van der Waals surface area contributed by atoms with Crippen LogP contribution < -0.4 is 11.1 Å². The first-order chi connectivity index (χ1) is 18.0. The minimum atomic E-state index is -0.970. The number of carbonyl (C=O) groups is 3. The fraction of sp³-hybridized carbons (Fsp3) is 0.700. The molecule has 1 saturated heterocycles. The third-order valence-corrected chi connectivity index (χ3v) is 7.17. The van der Waals surface area contributed by atoms with E-state index in [-0.39, 0.29) is 43.3 Å². The quantitative estimate of drug-likeness (QED) is 0.180. The van der Waals surface area contributed by atoms with E-state index in [1.54, 1.807) is 0 Å². The number of halogens is 1. The van der Waals surface area contributed by atoms with Crippen molar-refractivity contribution in [2.45, 2.75) is 122 Å². The van der Waals surface area contributed by atoms with E-state index < -0.39 is 12.0 Å². The standard InChI is InChI=1S/C30H49N3O4.ClH/c1-2-3-4-5-6-7-8-9-10-14-20-28(34)33-21-16-15-19-26(33)23-32-30(36)27(31)22-29(35)37-24-25-17-12-11-13-18-25;/h11-13,17-18,26-27H,2-10,14-16,19-24,31H2,1H3,(H,32,36);1H. The lowest BCUT2D eigenvalue weighted by atomic mass is 10.0. The molecule has 8 heteroatoms. The molecule has 0 aliphatic carbocycles. The Morgan fingerprint density at radius 3 is 2.26 bits per heavy atom. The van der Waals surface area contributed by atoms with Crippen LogP contribution in [0.25, 0.3) is 0 Å². The molecule has 38 heavy (non-hydrogen) atoms. The van der Waals surface area contributed by atoms with Gasteiger partial charge in [0.05, 0.1) is 12.5 Å². The first kappa shape index (κ1) is 33.9. The first-order valence-corrected chi connectivity index (χ1v) is 14.5. The molecule has 1 aromatic carbocycles. The zero-order valence-electron chi connectivity index (χ0n) is 23.3. The molecule has 1 heterocycles. The Bertz CT molecular complexity index is 793. The van der Waals surface area contributed by atoms with E-state index in [1.807, 2.05) is 35.2 Å². The van der Waals surface area contributed by atoms with Crippen LogP contribution in [0.4, 0.5) is 0 Å². The van der Waals surface area contributed by atoms with Crippen LogP contribution in [0.15, 0.2) is 30.3 Å². The highest BCUT2D eigenvalue weighted by Gasteiger charge is 2.27. The summed E-state index contributed by atoms with van der Waals surface area (Å²) >= 11 is 0. The van der Waals surface area contributed by atoms with Gasteiger partial charge in [0.1, 0.15) is 6.61 Å². The molecule has 1 aliphatic rings. The van der Waals surface area contributed by atoms with Crippen LogP contribution in [0.3, 0.4) is 0 Å². The number of nitrogens with zero attached hydrogens (tertiary/aromatic N) is 1. The van der Waals surface area contributed by atoms with Crippen molar-refractivity contribution in [1.29, 1.82) is 0 Å². The number of hydrogen-bond acceptors (Lipinski definition) is 5. The molecule has 2 rings (SSSR count). The van der Waals surface area contributed by atoms with E-state index in [0.29, 0.717) is 13.0 Å². The van der Waals surface area contributed by atoms with E-state index >= 15 is 0 Å². The van der Waals surface area contributed by atoms with Crippen LogP contribution in [0.1, 0.15) is 109 Å². The third-order valence-electron chi connectivity index (χ3n) is 7.17. The SMILES string of the molecule is CCCCCCCCCCCCC(=O)N1CCCCC1CNC(=O)C(N)CC(=O)OCc1ccccc1.Cl. The number of esters is 1. The third kappa shape index (κ3) is 14.1. The lowest BCUT2D eigenvalue weighted by Gasteiger charge is -2.36. The van der Waals surface area contributed by atoms with Crippen LogP contribution in [0.2, 0.25) is 0 Å². The largest absolute Gasteiger partial charge is 0.461 e. The summed E-state index contributed by atoms with van der Waals surface area (Å²) in [5.74, 6) is -0.700. The van der Waals surface area contributed by atoms with Crippen molar-refractivity contribution >= 4 is 30.2 Å². The van der Waals surface area contributed by atoms with Crippen LogP contribution in [-0.4, -0.2) is 47.9 Å². The van der Waals surface area contributed by atoms with Gasteiger partial charge in [-0.3, -0.25) is 14.4 Å². The molecular weight excluding hydrogens is 502 g/mol. The first-order valence-electron chi connectivity index (χ1n) is 14.5. The maximum Gasteiger partial charge on any atom is 0.308 e. The van der Waals surface area contributed by atoms with Gasteiger partial charge in [0.15, 0.2) is 0 Å². The van der Waals surface area contributed by atoms with Crippen LogP contribution >= 0.6 is 12.4 Å². The lowest BCUT2D eigenvalue weighted by Crippen LogP contribution is -2.51. The monoisotopic (exact) mass is 551 g/mol. The minimum absolute atomic E-state index is 0. The van der Waals surface area contributed by atoms with Gasteiger partial charge in [0.25, 0.3) is 0 Å². The molecule has 0 saturated carbocycles. The van der Waals surface area contributed by atoms with Gasteiger partial charge in [-0.2, -0.15) is 0 Å². The van der Waals surface area contributed by atoms with Crippen LogP contribution in [0, 0.1) is 0 Å². The van der Waals surface area contributed by atoms with Crippen molar-refractivity contribution in [3.8, 4) is 0 Å². The van der Waals surface area contributed by atoms with E-state index in [4.69, 9.17) is 10.5 Å². The number of nitrogens with two attached hydrogens (primary N) is 1. The van der Waals surface area contributed by atoms with Crippen molar-refractivity contribution in [2.24, 2.45) is 5.73 Å². The summed E-state index contributed by atoms with van der Waals surface area (Å²) in [5.41, 5.74) is 6.83. The van der Waals surface area contributed by atoms with E-state index in [0.717, 1.165) is 44.2 Å². The summed E-state index contributed by atoms with van der Waals surface area (Å²) < 4.78 is 5.23. The van der Waals surface area contributed by atoms with Crippen molar-refractivity contribution in [2.75, 3.05) is 13.1 Å². The Balaban J connectivity index is 0.00000722. The second-order valence-electron chi connectivity index (χ2n) is 10.4. The lowest BCUT2D eigenvalue weighted by molar-refractivity contribution is -0.146. The van der Waals surface area contributed by atoms with Crippen molar-refractivity contribution in [1.82, 2.24) is 10.2 Å². The number of nitrogens with one attached hydrogen (secondary N) is 1. The fourth-order valence-corrected chi connectivity index (χ4v) is 4.87. The molecule has 0 aromatic heterocycles. The van der Waals surface area contributed by atoms with Gasteiger partial charge in [-0.25, -0.2) is 0 Å². The molecule has 7 nitrogen and oxygen atoms in total. The van der Waals surface area contributed by atoms with E-state index in [2.05, 4.69) is 12.2 Å². The summed E-state index contributed by atoms with van der Waals surface area (Å²) in [6.45, 7) is 3.52. The topological polar surface area (TPSA) is 102 Å². The number of unbranched alkanes of at least 4 members (excludes halogenated alkanes) is 9. The summed E-state index contributed by atoms with van der Waals surface area (Å²) in [7, 11) is 0. The van der Waals surface area contributed by atoms with Crippen molar-refractivity contribution in [3.63, 3.8) is 0 Å². The molecule has 2 unspecified atom stereocenters. The average Bonchev–Trinajstić information content (AvgIpc) is 2.92. The van der Waals surface area contributed by atoms with Gasteiger partial charge in [-0.15, -0.1) is 12.4 Å². The molecule has 0 spiro atoms. The van der Waals surface area contributed by atoms with Gasteiger partial charge in [-0.1, -0.05) is 95.0 Å². The maximum atomic E-state index is 12.9. The Morgan fingerprint density at radius 1 is 0.974 bits per heavy atom. The second kappa shape index (κ2) is 20.8. The van der Waals surface area contributed by atoms with Gasteiger partial charge in [0.2, 0.25) is 11.8 Å². The summed E-state index contributed by atoms with van der Waals surface area (Å²) in [6.07, 6.45) is 15.8. The number of likely N-dealkylation sites (tertiary alicyclic amines) is 1. The number of rotatable bonds is 18. The van der Waals surface area contributed by atoms with Gasteiger partial charge in [-0.05, 0) is 31.2 Å². The Kier molecular flexibility index (Phi) is 18.6. The second-order valence-corrected chi connectivity index (χ2v) is 10.4. The Hall–Kier alpha value is -2.12. The van der Waals surface area contributed by atoms with Crippen molar-refractivity contribution < 1.29 is 19.1 Å². The Morgan fingerprint density at radius 2 is 1.61 bits per heavy atom. The number of hydrogen-bond donors (Lipinski definition) is 2. The molecule has 216 valence electrons. The number of benzene rings is 1. The average molecular weight is 552 g/mol.